The van der Waals surface area contributed by atoms with Crippen molar-refractivity contribution in [2.45, 2.75) is 38.4 Å². The summed E-state index contributed by atoms with van der Waals surface area (Å²) in [6.45, 7) is 5.96. The second kappa shape index (κ2) is 9.13. The number of nitrogens with zero attached hydrogens (tertiary/aromatic N) is 2. The number of thioether (sulfide) groups is 1. The Morgan fingerprint density at radius 1 is 1.28 bits per heavy atom. The fourth-order valence-corrected chi connectivity index (χ4v) is 3.93. The third-order valence-electron chi connectivity index (χ3n) is 4.77. The van der Waals surface area contributed by atoms with Crippen LogP contribution < -0.4 is 15.6 Å². The van der Waals surface area contributed by atoms with E-state index in [4.69, 9.17) is 4.74 Å². The average Bonchev–Trinajstić information content (AvgIpc) is 2.72. The Morgan fingerprint density at radius 2 is 2.03 bits per heavy atom. The van der Waals surface area contributed by atoms with E-state index in [1.165, 1.54) is 11.8 Å². The van der Waals surface area contributed by atoms with Crippen molar-refractivity contribution in [1.29, 1.82) is 0 Å². The van der Waals surface area contributed by atoms with Gasteiger partial charge in [0.2, 0.25) is 5.91 Å². The summed E-state index contributed by atoms with van der Waals surface area (Å²) in [6, 6.07) is 12.9. The Kier molecular flexibility index (Phi) is 6.59. The molecule has 3 rings (SSSR count). The molecule has 6 nitrogen and oxygen atoms in total. The number of methoxy groups -OCH3 is 1. The Balaban J connectivity index is 1.85. The van der Waals surface area contributed by atoms with E-state index in [9.17, 15) is 9.59 Å². The summed E-state index contributed by atoms with van der Waals surface area (Å²) in [6.07, 6.45) is 0.792. The zero-order chi connectivity index (χ0) is 21.0. The predicted octanol–water partition coefficient (Wildman–Crippen LogP) is 4.42. The molecule has 7 heteroatoms. The molecule has 0 spiro atoms. The van der Waals surface area contributed by atoms with Gasteiger partial charge in [-0.05, 0) is 50.1 Å². The SMILES string of the molecule is CC[C@H](C)n1c(SCC(=O)Nc2cc(C)ccc2OC)nc2ccccc2c1=O. The predicted molar refractivity (Wildman–Crippen MR) is 118 cm³/mol. The number of rotatable bonds is 7. The number of hydrogen-bond acceptors (Lipinski definition) is 5. The Hall–Kier alpha value is -2.80. The number of carbonyl (C=O) groups is 1. The highest BCUT2D eigenvalue weighted by Gasteiger charge is 2.17. The Bertz CT molecular complexity index is 1090. The molecule has 0 bridgehead atoms. The largest absolute Gasteiger partial charge is 0.495 e. The lowest BCUT2D eigenvalue weighted by molar-refractivity contribution is -0.113. The highest BCUT2D eigenvalue weighted by atomic mass is 32.2. The first-order valence-electron chi connectivity index (χ1n) is 9.53. The quantitative estimate of drug-likeness (QED) is 0.460. The topological polar surface area (TPSA) is 73.2 Å². The van der Waals surface area contributed by atoms with Crippen LogP contribution in [0.1, 0.15) is 31.9 Å². The van der Waals surface area contributed by atoms with Gasteiger partial charge in [0.05, 0.1) is 29.5 Å². The van der Waals surface area contributed by atoms with E-state index in [1.807, 2.05) is 57.2 Å². The molecule has 0 fully saturated rings. The van der Waals surface area contributed by atoms with Gasteiger partial charge >= 0.3 is 0 Å². The number of ether oxygens (including phenoxy) is 1. The van der Waals surface area contributed by atoms with E-state index in [0.717, 1.165) is 12.0 Å². The fraction of sp³-hybridized carbons (Fsp3) is 0.318. The highest BCUT2D eigenvalue weighted by molar-refractivity contribution is 7.99. The summed E-state index contributed by atoms with van der Waals surface area (Å²) < 4.78 is 7.00. The number of aryl methyl sites for hydroxylation is 1. The van der Waals surface area contributed by atoms with Gasteiger partial charge in [0, 0.05) is 6.04 Å². The van der Waals surface area contributed by atoms with Crippen LogP contribution in [0.5, 0.6) is 5.75 Å². The monoisotopic (exact) mass is 411 g/mol. The normalized spacial score (nSPS) is 12.0. The smallest absolute Gasteiger partial charge is 0.262 e. The van der Waals surface area contributed by atoms with E-state index in [-0.39, 0.29) is 23.3 Å². The number of amides is 1. The zero-order valence-corrected chi connectivity index (χ0v) is 17.9. The van der Waals surface area contributed by atoms with Crippen LogP contribution in [-0.4, -0.2) is 28.3 Å². The maximum atomic E-state index is 13.0. The van der Waals surface area contributed by atoms with E-state index >= 15 is 0 Å². The molecule has 152 valence electrons. The zero-order valence-electron chi connectivity index (χ0n) is 17.1. The highest BCUT2D eigenvalue weighted by Crippen LogP contribution is 2.26. The first kappa shape index (κ1) is 20.9. The fourth-order valence-electron chi connectivity index (χ4n) is 3.03. The number of aromatic nitrogens is 2. The molecule has 2 aromatic carbocycles. The summed E-state index contributed by atoms with van der Waals surface area (Å²) in [5, 5.41) is 4.03. The van der Waals surface area contributed by atoms with Gasteiger partial charge in [-0.25, -0.2) is 4.98 Å². The summed E-state index contributed by atoms with van der Waals surface area (Å²) in [7, 11) is 1.57. The van der Waals surface area contributed by atoms with Crippen molar-refractivity contribution in [3.63, 3.8) is 0 Å². The lowest BCUT2D eigenvalue weighted by atomic mass is 10.2. The van der Waals surface area contributed by atoms with Crippen molar-refractivity contribution in [1.82, 2.24) is 9.55 Å². The summed E-state index contributed by atoms with van der Waals surface area (Å²) in [4.78, 5) is 30.2. The van der Waals surface area contributed by atoms with Crippen LogP contribution in [0.3, 0.4) is 0 Å². The molecule has 1 aromatic heterocycles. The molecule has 1 N–H and O–H groups in total. The maximum absolute atomic E-state index is 13.0. The van der Waals surface area contributed by atoms with Crippen molar-refractivity contribution >= 4 is 34.3 Å². The van der Waals surface area contributed by atoms with Gasteiger partial charge in [0.25, 0.3) is 5.56 Å². The van der Waals surface area contributed by atoms with Gasteiger partial charge < -0.3 is 10.1 Å². The molecule has 1 heterocycles. The number of hydrogen-bond donors (Lipinski definition) is 1. The molecule has 29 heavy (non-hydrogen) atoms. The molecule has 1 atom stereocenters. The third-order valence-corrected chi connectivity index (χ3v) is 5.72. The lowest BCUT2D eigenvalue weighted by Gasteiger charge is -2.18. The molecule has 0 radical (unpaired) electrons. The van der Waals surface area contributed by atoms with Crippen LogP contribution in [0.25, 0.3) is 10.9 Å². The second-order valence-corrected chi connectivity index (χ2v) is 7.83. The van der Waals surface area contributed by atoms with Crippen molar-refractivity contribution in [3.8, 4) is 5.75 Å². The minimum atomic E-state index is -0.183. The lowest BCUT2D eigenvalue weighted by Crippen LogP contribution is -2.26. The molecule has 0 saturated heterocycles. The van der Waals surface area contributed by atoms with E-state index in [2.05, 4.69) is 10.3 Å². The molecule has 0 unspecified atom stereocenters. The molecule has 0 aliphatic heterocycles. The van der Waals surface area contributed by atoms with Gasteiger partial charge in [-0.1, -0.05) is 36.9 Å². The summed E-state index contributed by atoms with van der Waals surface area (Å²) in [5.41, 5.74) is 2.22. The van der Waals surface area contributed by atoms with Crippen molar-refractivity contribution in [2.24, 2.45) is 0 Å². The minimum absolute atomic E-state index is 0.0120. The summed E-state index contributed by atoms with van der Waals surface area (Å²) >= 11 is 1.26. The molecule has 1 amide bonds. The first-order chi connectivity index (χ1) is 13.9. The van der Waals surface area contributed by atoms with Gasteiger partial charge in [-0.2, -0.15) is 0 Å². The van der Waals surface area contributed by atoms with Crippen molar-refractivity contribution in [2.75, 3.05) is 18.2 Å². The minimum Gasteiger partial charge on any atom is -0.495 e. The Labute approximate surface area is 174 Å². The van der Waals surface area contributed by atoms with Crippen LogP contribution in [0.4, 0.5) is 5.69 Å². The van der Waals surface area contributed by atoms with Gasteiger partial charge in [0.1, 0.15) is 5.75 Å². The van der Waals surface area contributed by atoms with Crippen LogP contribution in [0, 0.1) is 6.92 Å². The first-order valence-corrected chi connectivity index (χ1v) is 10.5. The molecular formula is C22H25N3O3S. The van der Waals surface area contributed by atoms with Crippen molar-refractivity contribution < 1.29 is 9.53 Å². The van der Waals surface area contributed by atoms with Gasteiger partial charge in [0.15, 0.2) is 5.16 Å². The summed E-state index contributed by atoms with van der Waals surface area (Å²) in [5.74, 6) is 0.560. The number of fused-ring (bicyclic) bond motifs is 1. The number of para-hydroxylation sites is 1. The van der Waals surface area contributed by atoms with Crippen LogP contribution in [0.2, 0.25) is 0 Å². The molecule has 0 saturated carbocycles. The van der Waals surface area contributed by atoms with Gasteiger partial charge in [-0.15, -0.1) is 0 Å². The second-order valence-electron chi connectivity index (χ2n) is 6.88. The van der Waals surface area contributed by atoms with E-state index in [0.29, 0.717) is 27.5 Å². The molecular weight excluding hydrogens is 386 g/mol. The third kappa shape index (κ3) is 4.62. The molecule has 0 aliphatic rings. The number of nitrogens with one attached hydrogen (secondary N) is 1. The average molecular weight is 412 g/mol. The van der Waals surface area contributed by atoms with Crippen LogP contribution in [-0.2, 0) is 4.79 Å². The molecule has 3 aromatic rings. The van der Waals surface area contributed by atoms with Crippen LogP contribution >= 0.6 is 11.8 Å². The number of carbonyl (C=O) groups excluding carboxylic acids is 1. The number of benzene rings is 2. The van der Waals surface area contributed by atoms with Crippen molar-refractivity contribution in [3.05, 3.63) is 58.4 Å². The number of anilines is 1. The maximum Gasteiger partial charge on any atom is 0.262 e. The standard InChI is InChI=1S/C22H25N3O3S/c1-5-15(3)25-21(27)16-8-6-7-9-17(16)24-22(25)29-13-20(26)23-18-12-14(2)10-11-19(18)28-4/h6-12,15H,5,13H2,1-4H3,(H,23,26)/t15-/m0/s1. The van der Waals surface area contributed by atoms with Crippen LogP contribution in [0.15, 0.2) is 52.4 Å². The Morgan fingerprint density at radius 3 is 2.76 bits per heavy atom. The van der Waals surface area contributed by atoms with E-state index < -0.39 is 0 Å². The van der Waals surface area contributed by atoms with Gasteiger partial charge in [-0.3, -0.25) is 14.2 Å². The van der Waals surface area contributed by atoms with E-state index in [1.54, 1.807) is 17.7 Å². The molecule has 0 aliphatic carbocycles.